The molecule has 1 aromatic carbocycles. The molecule has 0 amide bonds. The summed E-state index contributed by atoms with van der Waals surface area (Å²) in [6.45, 7) is 0.972. The standard InChI is InChI=1S/C10H10.C2H4O2/c1-2-6-10-8-4-3-7-9(10)5-1;1-2(3)4/h1-3,5-7H,4,8H2;1H3,(H,3,4)/p-1. The molecule has 0 aromatic heterocycles. The molecule has 0 heterocycles. The van der Waals surface area contributed by atoms with Crippen LogP contribution >= 0.6 is 0 Å². The minimum atomic E-state index is -1.08. The Hall–Kier alpha value is -1.57. The van der Waals surface area contributed by atoms with Crippen LogP contribution in [0.1, 0.15) is 24.5 Å². The van der Waals surface area contributed by atoms with Gasteiger partial charge in [-0.2, -0.15) is 0 Å². The lowest BCUT2D eigenvalue weighted by Crippen LogP contribution is -2.16. The van der Waals surface area contributed by atoms with Crippen molar-refractivity contribution in [2.75, 3.05) is 0 Å². The van der Waals surface area contributed by atoms with Gasteiger partial charge in [-0.05, 0) is 30.9 Å². The van der Waals surface area contributed by atoms with Gasteiger partial charge in [0.2, 0.25) is 0 Å². The van der Waals surface area contributed by atoms with Crippen LogP contribution in [-0.4, -0.2) is 5.97 Å². The average Bonchev–Trinajstić information content (AvgIpc) is 2.17. The number of aliphatic carboxylic acids is 1. The van der Waals surface area contributed by atoms with Gasteiger partial charge in [0.1, 0.15) is 0 Å². The Balaban J connectivity index is 0.000000213. The van der Waals surface area contributed by atoms with E-state index in [-0.39, 0.29) is 0 Å². The molecule has 0 aliphatic heterocycles. The van der Waals surface area contributed by atoms with Crippen molar-refractivity contribution in [2.24, 2.45) is 0 Å². The van der Waals surface area contributed by atoms with Gasteiger partial charge in [0.25, 0.3) is 0 Å². The van der Waals surface area contributed by atoms with Crippen molar-refractivity contribution in [1.82, 2.24) is 0 Å². The second-order valence-corrected chi connectivity index (χ2v) is 3.13. The molecule has 0 atom stereocenters. The number of rotatable bonds is 0. The molecule has 0 bridgehead atoms. The third-order valence-electron chi connectivity index (χ3n) is 1.93. The van der Waals surface area contributed by atoms with E-state index in [1.165, 1.54) is 24.0 Å². The smallest absolute Gasteiger partial charge is 0.0383 e. The van der Waals surface area contributed by atoms with Gasteiger partial charge in [-0.3, -0.25) is 0 Å². The summed E-state index contributed by atoms with van der Waals surface area (Å²) in [5.41, 5.74) is 2.89. The Morgan fingerprint density at radius 2 is 2.00 bits per heavy atom. The molecule has 1 aromatic rings. The molecule has 74 valence electrons. The number of hydrogen-bond acceptors (Lipinski definition) is 2. The molecule has 1 aliphatic carbocycles. The SMILES string of the molecule is C1=Cc2ccccc2CC1.CC(=O)[O-]. The summed E-state index contributed by atoms with van der Waals surface area (Å²) in [4.78, 5) is 8.89. The molecule has 0 fully saturated rings. The van der Waals surface area contributed by atoms with Crippen LogP contribution in [-0.2, 0) is 11.2 Å². The molecular weight excluding hydrogens is 176 g/mol. The third kappa shape index (κ3) is 3.44. The maximum absolute atomic E-state index is 8.89. The van der Waals surface area contributed by atoms with Crippen LogP contribution in [0, 0.1) is 0 Å². The fraction of sp³-hybridized carbons (Fsp3) is 0.250. The van der Waals surface area contributed by atoms with E-state index in [9.17, 15) is 0 Å². The predicted octanol–water partition coefficient (Wildman–Crippen LogP) is 1.40. The molecule has 2 rings (SSSR count). The zero-order valence-corrected chi connectivity index (χ0v) is 8.19. The Bertz CT molecular complexity index is 336. The monoisotopic (exact) mass is 189 g/mol. The van der Waals surface area contributed by atoms with E-state index in [4.69, 9.17) is 9.90 Å². The van der Waals surface area contributed by atoms with E-state index in [0.29, 0.717) is 0 Å². The second-order valence-electron chi connectivity index (χ2n) is 3.13. The minimum Gasteiger partial charge on any atom is -0.550 e. The minimum absolute atomic E-state index is 0.972. The van der Waals surface area contributed by atoms with Gasteiger partial charge in [0.15, 0.2) is 0 Å². The van der Waals surface area contributed by atoms with E-state index in [1.807, 2.05) is 0 Å². The molecule has 0 N–H and O–H groups in total. The summed E-state index contributed by atoms with van der Waals surface area (Å²) in [7, 11) is 0. The molecule has 2 nitrogen and oxygen atoms in total. The van der Waals surface area contributed by atoms with Gasteiger partial charge in [-0.15, -0.1) is 0 Å². The van der Waals surface area contributed by atoms with Crippen molar-refractivity contribution in [2.45, 2.75) is 19.8 Å². The first-order valence-corrected chi connectivity index (χ1v) is 4.62. The van der Waals surface area contributed by atoms with E-state index < -0.39 is 5.97 Å². The number of hydrogen-bond donors (Lipinski definition) is 0. The van der Waals surface area contributed by atoms with Crippen LogP contribution in [0.5, 0.6) is 0 Å². The van der Waals surface area contributed by atoms with Gasteiger partial charge in [0.05, 0.1) is 0 Å². The first kappa shape index (κ1) is 10.5. The van der Waals surface area contributed by atoms with Gasteiger partial charge in [0, 0.05) is 5.97 Å². The quantitative estimate of drug-likeness (QED) is 0.619. The number of carboxylic acids is 1. The molecular formula is C12H13O2-. The van der Waals surface area contributed by atoms with Gasteiger partial charge in [-0.1, -0.05) is 36.4 Å². The Morgan fingerprint density at radius 3 is 2.64 bits per heavy atom. The highest BCUT2D eigenvalue weighted by Crippen LogP contribution is 2.17. The molecule has 0 unspecified atom stereocenters. The number of carboxylic acid groups (broad SMARTS) is 1. The van der Waals surface area contributed by atoms with Crippen molar-refractivity contribution in [3.05, 3.63) is 41.5 Å². The van der Waals surface area contributed by atoms with Crippen LogP contribution in [0.25, 0.3) is 6.08 Å². The van der Waals surface area contributed by atoms with Crippen molar-refractivity contribution < 1.29 is 9.90 Å². The van der Waals surface area contributed by atoms with Crippen molar-refractivity contribution >= 4 is 12.0 Å². The van der Waals surface area contributed by atoms with Crippen molar-refractivity contribution in [3.8, 4) is 0 Å². The fourth-order valence-electron chi connectivity index (χ4n) is 1.37. The van der Waals surface area contributed by atoms with Crippen molar-refractivity contribution in [3.63, 3.8) is 0 Å². The molecule has 0 radical (unpaired) electrons. The highest BCUT2D eigenvalue weighted by atomic mass is 16.4. The topological polar surface area (TPSA) is 40.1 Å². The molecule has 0 spiro atoms. The van der Waals surface area contributed by atoms with Crippen LogP contribution in [0.3, 0.4) is 0 Å². The highest BCUT2D eigenvalue weighted by Gasteiger charge is 2.00. The summed E-state index contributed by atoms with van der Waals surface area (Å²) >= 11 is 0. The van der Waals surface area contributed by atoms with Crippen molar-refractivity contribution in [1.29, 1.82) is 0 Å². The van der Waals surface area contributed by atoms with E-state index >= 15 is 0 Å². The Labute approximate surface area is 83.9 Å². The van der Waals surface area contributed by atoms with Crippen LogP contribution in [0.4, 0.5) is 0 Å². The van der Waals surface area contributed by atoms with Gasteiger partial charge < -0.3 is 9.90 Å². The summed E-state index contributed by atoms with van der Waals surface area (Å²) in [6.07, 6.45) is 6.87. The first-order valence-electron chi connectivity index (χ1n) is 4.62. The number of fused-ring (bicyclic) bond motifs is 1. The maximum atomic E-state index is 8.89. The molecule has 2 heteroatoms. The lowest BCUT2D eigenvalue weighted by Gasteiger charge is -2.07. The number of allylic oxidation sites excluding steroid dienone is 1. The van der Waals surface area contributed by atoms with Gasteiger partial charge in [-0.25, -0.2) is 0 Å². The number of benzene rings is 1. The normalized spacial score (nSPS) is 12.4. The lowest BCUT2D eigenvalue weighted by molar-refractivity contribution is -0.302. The molecule has 1 aliphatic rings. The number of aryl methyl sites for hydroxylation is 1. The molecule has 0 saturated heterocycles. The van der Waals surface area contributed by atoms with Gasteiger partial charge >= 0.3 is 0 Å². The summed E-state index contributed by atoms with van der Waals surface area (Å²) in [5.74, 6) is -1.08. The number of carbonyl (C=O) groups is 1. The molecule has 0 saturated carbocycles. The van der Waals surface area contributed by atoms with E-state index in [1.54, 1.807) is 0 Å². The van der Waals surface area contributed by atoms with Crippen LogP contribution < -0.4 is 5.11 Å². The van der Waals surface area contributed by atoms with Crippen LogP contribution in [0.2, 0.25) is 0 Å². The largest absolute Gasteiger partial charge is 0.550 e. The summed E-state index contributed by atoms with van der Waals surface area (Å²) in [6, 6.07) is 8.58. The maximum Gasteiger partial charge on any atom is 0.0383 e. The Morgan fingerprint density at radius 1 is 1.36 bits per heavy atom. The zero-order chi connectivity index (χ0) is 10.4. The summed E-state index contributed by atoms with van der Waals surface area (Å²) in [5, 5.41) is 8.89. The predicted molar refractivity (Wildman–Crippen MR) is 54.5 cm³/mol. The Kier molecular flexibility index (Phi) is 3.92. The molecule has 14 heavy (non-hydrogen) atoms. The lowest BCUT2D eigenvalue weighted by atomic mass is 9.98. The first-order chi connectivity index (χ1) is 6.70. The zero-order valence-electron chi connectivity index (χ0n) is 8.19. The highest BCUT2D eigenvalue weighted by molar-refractivity contribution is 5.60. The third-order valence-corrected chi connectivity index (χ3v) is 1.93. The van der Waals surface area contributed by atoms with Crippen LogP contribution in [0.15, 0.2) is 30.3 Å². The van der Waals surface area contributed by atoms with E-state index in [2.05, 4.69) is 36.4 Å². The fourth-order valence-corrected chi connectivity index (χ4v) is 1.37. The second kappa shape index (κ2) is 5.22. The average molecular weight is 189 g/mol. The number of carbonyl (C=O) groups excluding carboxylic acids is 1. The van der Waals surface area contributed by atoms with E-state index in [0.717, 1.165) is 6.92 Å². The summed E-state index contributed by atoms with van der Waals surface area (Å²) < 4.78 is 0.